The van der Waals surface area contributed by atoms with Gasteiger partial charge in [0.05, 0.1) is 0 Å². The van der Waals surface area contributed by atoms with Gasteiger partial charge in [-0.25, -0.2) is 4.98 Å². The normalized spacial score (nSPS) is 16.5. The molecule has 132 valence electrons. The number of rotatable bonds is 2. The first kappa shape index (κ1) is 16.3. The SMILES string of the molecule is Cc1cccc(-c2nc3n(n2)C(=O)C[C@H](c2cccc4ccccc24)S3)c1. The third-order valence-corrected chi connectivity index (χ3v) is 6.05. The summed E-state index contributed by atoms with van der Waals surface area (Å²) in [4.78, 5) is 17.4. The highest BCUT2D eigenvalue weighted by molar-refractivity contribution is 7.99. The van der Waals surface area contributed by atoms with Crippen LogP contribution in [0.25, 0.3) is 22.2 Å². The Kier molecular flexibility index (Phi) is 3.83. The van der Waals surface area contributed by atoms with Crippen LogP contribution in [0.2, 0.25) is 0 Å². The molecule has 0 saturated carbocycles. The van der Waals surface area contributed by atoms with Crippen molar-refractivity contribution in [1.82, 2.24) is 14.8 Å². The van der Waals surface area contributed by atoms with E-state index in [4.69, 9.17) is 0 Å². The Bertz CT molecular complexity index is 1180. The van der Waals surface area contributed by atoms with Crippen molar-refractivity contribution in [3.8, 4) is 11.4 Å². The lowest BCUT2D eigenvalue weighted by molar-refractivity contribution is 0.0868. The van der Waals surface area contributed by atoms with Crippen LogP contribution >= 0.6 is 11.8 Å². The Morgan fingerprint density at radius 2 is 1.85 bits per heavy atom. The van der Waals surface area contributed by atoms with Gasteiger partial charge in [-0.15, -0.1) is 5.10 Å². The second-order valence-corrected chi connectivity index (χ2v) is 7.94. The summed E-state index contributed by atoms with van der Waals surface area (Å²) in [6, 6.07) is 22.6. The average Bonchev–Trinajstić information content (AvgIpc) is 3.12. The van der Waals surface area contributed by atoms with Crippen LogP contribution in [0.3, 0.4) is 0 Å². The van der Waals surface area contributed by atoms with E-state index in [0.29, 0.717) is 17.4 Å². The van der Waals surface area contributed by atoms with Gasteiger partial charge in [0.25, 0.3) is 5.91 Å². The molecule has 0 saturated heterocycles. The van der Waals surface area contributed by atoms with Crippen molar-refractivity contribution in [3.05, 3.63) is 77.9 Å². The lowest BCUT2D eigenvalue weighted by Gasteiger charge is -2.21. The number of hydrogen-bond acceptors (Lipinski definition) is 4. The largest absolute Gasteiger partial charge is 0.272 e. The van der Waals surface area contributed by atoms with Crippen LogP contribution in [-0.2, 0) is 0 Å². The molecular formula is C22H17N3OS. The first-order valence-corrected chi connectivity index (χ1v) is 9.78. The summed E-state index contributed by atoms with van der Waals surface area (Å²) in [6.45, 7) is 2.04. The van der Waals surface area contributed by atoms with E-state index >= 15 is 0 Å². The molecule has 1 aliphatic rings. The van der Waals surface area contributed by atoms with Crippen molar-refractivity contribution < 1.29 is 4.79 Å². The average molecular weight is 371 g/mol. The molecule has 3 aromatic carbocycles. The maximum absolute atomic E-state index is 12.8. The van der Waals surface area contributed by atoms with Gasteiger partial charge in [-0.2, -0.15) is 4.68 Å². The van der Waals surface area contributed by atoms with Gasteiger partial charge in [0.2, 0.25) is 0 Å². The number of aryl methyl sites for hydroxylation is 1. The van der Waals surface area contributed by atoms with Crippen LogP contribution in [0.1, 0.15) is 27.6 Å². The van der Waals surface area contributed by atoms with E-state index in [1.165, 1.54) is 21.0 Å². The quantitative estimate of drug-likeness (QED) is 0.481. The van der Waals surface area contributed by atoms with E-state index < -0.39 is 0 Å². The van der Waals surface area contributed by atoms with E-state index in [-0.39, 0.29) is 11.2 Å². The molecule has 4 aromatic rings. The summed E-state index contributed by atoms with van der Waals surface area (Å²) in [5.74, 6) is 0.598. The number of carbonyl (C=O) groups excluding carboxylic acids is 1. The molecule has 0 amide bonds. The molecule has 0 aliphatic carbocycles. The van der Waals surface area contributed by atoms with Gasteiger partial charge in [0.15, 0.2) is 11.0 Å². The molecule has 0 N–H and O–H groups in total. The number of aromatic nitrogens is 3. The van der Waals surface area contributed by atoms with Crippen LogP contribution in [0.4, 0.5) is 0 Å². The molecule has 1 aromatic heterocycles. The zero-order valence-electron chi connectivity index (χ0n) is 14.8. The third-order valence-electron chi connectivity index (χ3n) is 4.87. The molecule has 0 bridgehead atoms. The highest BCUT2D eigenvalue weighted by atomic mass is 32.2. The zero-order chi connectivity index (χ0) is 18.4. The molecule has 4 nitrogen and oxygen atoms in total. The molecule has 0 fully saturated rings. The maximum Gasteiger partial charge on any atom is 0.250 e. The Morgan fingerprint density at radius 1 is 1.04 bits per heavy atom. The molecule has 27 heavy (non-hydrogen) atoms. The molecule has 0 unspecified atom stereocenters. The summed E-state index contributed by atoms with van der Waals surface area (Å²) in [5.41, 5.74) is 3.26. The van der Waals surface area contributed by atoms with Crippen LogP contribution in [-0.4, -0.2) is 20.7 Å². The minimum absolute atomic E-state index is 0.00640. The number of benzene rings is 3. The van der Waals surface area contributed by atoms with Crippen molar-refractivity contribution in [2.75, 3.05) is 0 Å². The second-order valence-electron chi connectivity index (χ2n) is 6.77. The molecule has 0 radical (unpaired) electrons. The summed E-state index contributed by atoms with van der Waals surface area (Å²) < 4.78 is 1.46. The van der Waals surface area contributed by atoms with Gasteiger partial charge in [-0.05, 0) is 29.3 Å². The summed E-state index contributed by atoms with van der Waals surface area (Å²) in [5, 5.41) is 7.57. The van der Waals surface area contributed by atoms with Gasteiger partial charge < -0.3 is 0 Å². The van der Waals surface area contributed by atoms with Gasteiger partial charge in [-0.1, -0.05) is 78.0 Å². The second kappa shape index (κ2) is 6.35. The summed E-state index contributed by atoms with van der Waals surface area (Å²) >= 11 is 1.62. The number of fused-ring (bicyclic) bond motifs is 2. The van der Waals surface area contributed by atoms with Gasteiger partial charge in [0, 0.05) is 17.2 Å². The number of nitrogens with zero attached hydrogens (tertiary/aromatic N) is 3. The van der Waals surface area contributed by atoms with Crippen molar-refractivity contribution in [2.24, 2.45) is 0 Å². The maximum atomic E-state index is 12.8. The molecule has 1 atom stereocenters. The predicted molar refractivity (Wildman–Crippen MR) is 108 cm³/mol. The minimum atomic E-state index is -0.00640. The standard InChI is InChI=1S/C22H17N3OS/c1-14-6-4-9-16(12-14)21-23-22-25(24-21)20(26)13-19(27-22)18-11-5-8-15-7-2-3-10-17(15)18/h2-12,19H,13H2,1H3/t19-/m1/s1. The smallest absolute Gasteiger partial charge is 0.250 e. The lowest BCUT2D eigenvalue weighted by Crippen LogP contribution is -2.21. The van der Waals surface area contributed by atoms with E-state index in [1.807, 2.05) is 43.3 Å². The molecular weight excluding hydrogens is 354 g/mol. The number of carbonyl (C=O) groups is 1. The fourth-order valence-corrected chi connectivity index (χ4v) is 4.76. The fourth-order valence-electron chi connectivity index (χ4n) is 3.56. The van der Waals surface area contributed by atoms with Crippen LogP contribution in [0.15, 0.2) is 71.9 Å². The third kappa shape index (κ3) is 2.84. The van der Waals surface area contributed by atoms with Crippen molar-refractivity contribution >= 4 is 28.4 Å². The fraction of sp³-hybridized carbons (Fsp3) is 0.136. The summed E-state index contributed by atoms with van der Waals surface area (Å²) in [7, 11) is 0. The Balaban J connectivity index is 1.55. The molecule has 2 heterocycles. The Hall–Kier alpha value is -2.92. The first-order valence-electron chi connectivity index (χ1n) is 8.91. The zero-order valence-corrected chi connectivity index (χ0v) is 15.6. The molecule has 0 spiro atoms. The van der Waals surface area contributed by atoms with E-state index in [0.717, 1.165) is 11.1 Å². The summed E-state index contributed by atoms with van der Waals surface area (Å²) in [6.07, 6.45) is 0.419. The van der Waals surface area contributed by atoms with E-state index in [2.05, 4.69) is 40.4 Å². The van der Waals surface area contributed by atoms with Crippen LogP contribution in [0.5, 0.6) is 0 Å². The Morgan fingerprint density at radius 3 is 2.74 bits per heavy atom. The van der Waals surface area contributed by atoms with Crippen LogP contribution in [0, 0.1) is 6.92 Å². The van der Waals surface area contributed by atoms with Crippen molar-refractivity contribution in [3.63, 3.8) is 0 Å². The lowest BCUT2D eigenvalue weighted by atomic mass is 10.0. The molecule has 5 heteroatoms. The van der Waals surface area contributed by atoms with Crippen molar-refractivity contribution in [2.45, 2.75) is 23.8 Å². The first-order chi connectivity index (χ1) is 13.2. The van der Waals surface area contributed by atoms with Crippen molar-refractivity contribution in [1.29, 1.82) is 0 Å². The van der Waals surface area contributed by atoms with E-state index in [1.54, 1.807) is 11.8 Å². The monoisotopic (exact) mass is 371 g/mol. The molecule has 1 aliphatic heterocycles. The highest BCUT2D eigenvalue weighted by Crippen LogP contribution is 2.43. The highest BCUT2D eigenvalue weighted by Gasteiger charge is 2.30. The Labute approximate surface area is 161 Å². The molecule has 5 rings (SSSR count). The van der Waals surface area contributed by atoms with E-state index in [9.17, 15) is 4.79 Å². The van der Waals surface area contributed by atoms with Crippen LogP contribution < -0.4 is 0 Å². The predicted octanol–water partition coefficient (Wildman–Crippen LogP) is 5.28. The minimum Gasteiger partial charge on any atom is -0.272 e. The van der Waals surface area contributed by atoms with Gasteiger partial charge in [-0.3, -0.25) is 4.79 Å². The topological polar surface area (TPSA) is 47.8 Å². The van der Waals surface area contributed by atoms with Gasteiger partial charge in [0.1, 0.15) is 0 Å². The number of hydrogen-bond donors (Lipinski definition) is 0. The number of thioether (sulfide) groups is 1. The van der Waals surface area contributed by atoms with Gasteiger partial charge >= 0.3 is 0 Å².